The summed E-state index contributed by atoms with van der Waals surface area (Å²) in [5.74, 6) is 0.707. The molecule has 0 aliphatic carbocycles. The number of aromatic nitrogens is 2. The van der Waals surface area contributed by atoms with Crippen molar-refractivity contribution in [3.63, 3.8) is 0 Å². The van der Waals surface area contributed by atoms with Crippen LogP contribution in [0.15, 0.2) is 67.3 Å². The molecule has 1 heterocycles. The minimum Gasteiger partial charge on any atom is -0.494 e. The van der Waals surface area contributed by atoms with Gasteiger partial charge in [-0.1, -0.05) is 37.6 Å². The van der Waals surface area contributed by atoms with Crippen molar-refractivity contribution in [1.82, 2.24) is 14.9 Å². The molecule has 0 unspecified atom stereocenters. The van der Waals surface area contributed by atoms with E-state index in [9.17, 15) is 4.79 Å². The lowest BCUT2D eigenvalue weighted by atomic mass is 10.1. The highest BCUT2D eigenvalue weighted by molar-refractivity contribution is 5.94. The van der Waals surface area contributed by atoms with Gasteiger partial charge in [0.05, 0.1) is 12.9 Å². The second-order valence-electron chi connectivity index (χ2n) is 6.41. The molecular weight excluding hydrogens is 338 g/mol. The second-order valence-corrected chi connectivity index (χ2v) is 6.41. The van der Waals surface area contributed by atoms with Crippen LogP contribution in [-0.4, -0.2) is 22.1 Å². The van der Waals surface area contributed by atoms with Gasteiger partial charge in [-0.05, 0) is 41.8 Å². The fourth-order valence-corrected chi connectivity index (χ4v) is 2.78. The summed E-state index contributed by atoms with van der Waals surface area (Å²) in [6, 6.07) is 15.4. The quantitative estimate of drug-likeness (QED) is 0.584. The zero-order valence-electron chi connectivity index (χ0n) is 15.6. The third-order valence-corrected chi connectivity index (χ3v) is 4.35. The first-order chi connectivity index (χ1) is 13.3. The summed E-state index contributed by atoms with van der Waals surface area (Å²) in [6.07, 6.45) is 7.61. The number of unbranched alkanes of at least 4 members (excludes halogenated alkanes) is 1. The van der Waals surface area contributed by atoms with Gasteiger partial charge >= 0.3 is 0 Å². The van der Waals surface area contributed by atoms with Crippen molar-refractivity contribution in [3.8, 4) is 5.75 Å². The fourth-order valence-electron chi connectivity index (χ4n) is 2.78. The van der Waals surface area contributed by atoms with Crippen LogP contribution in [0, 0.1) is 0 Å². The van der Waals surface area contributed by atoms with Crippen molar-refractivity contribution in [3.05, 3.63) is 83.9 Å². The predicted octanol–water partition coefficient (Wildman–Crippen LogP) is 4.04. The van der Waals surface area contributed by atoms with E-state index in [1.54, 1.807) is 24.7 Å². The molecule has 1 N–H and O–H groups in total. The molecule has 5 nitrogen and oxygen atoms in total. The molecule has 3 rings (SSSR count). The normalized spacial score (nSPS) is 10.6. The Labute approximate surface area is 160 Å². The van der Waals surface area contributed by atoms with Gasteiger partial charge in [0.25, 0.3) is 5.91 Å². The van der Waals surface area contributed by atoms with Gasteiger partial charge in [0.15, 0.2) is 0 Å². The van der Waals surface area contributed by atoms with E-state index in [4.69, 9.17) is 4.74 Å². The van der Waals surface area contributed by atoms with E-state index in [2.05, 4.69) is 23.3 Å². The summed E-state index contributed by atoms with van der Waals surface area (Å²) >= 11 is 0. The molecule has 0 radical (unpaired) electrons. The third kappa shape index (κ3) is 5.45. The Morgan fingerprint density at radius 3 is 2.59 bits per heavy atom. The molecule has 1 aromatic heterocycles. The zero-order valence-corrected chi connectivity index (χ0v) is 15.6. The van der Waals surface area contributed by atoms with Gasteiger partial charge < -0.3 is 14.6 Å². The molecule has 1 amide bonds. The summed E-state index contributed by atoms with van der Waals surface area (Å²) in [6.45, 7) is 4.05. The van der Waals surface area contributed by atoms with Gasteiger partial charge in [-0.15, -0.1) is 0 Å². The number of ether oxygens (including phenoxy) is 1. The number of carbonyl (C=O) groups excluding carboxylic acids is 1. The van der Waals surface area contributed by atoms with Crippen LogP contribution in [0.5, 0.6) is 5.75 Å². The topological polar surface area (TPSA) is 56.1 Å². The molecule has 0 aliphatic heterocycles. The first-order valence-electron chi connectivity index (χ1n) is 9.30. The number of nitrogens with one attached hydrogen (secondary N) is 1. The van der Waals surface area contributed by atoms with Crippen molar-refractivity contribution in [2.24, 2.45) is 0 Å². The molecular formula is C22H25N3O2. The molecule has 0 saturated carbocycles. The zero-order chi connectivity index (χ0) is 18.9. The molecule has 3 aromatic rings. The third-order valence-electron chi connectivity index (χ3n) is 4.35. The van der Waals surface area contributed by atoms with Crippen molar-refractivity contribution < 1.29 is 9.53 Å². The summed E-state index contributed by atoms with van der Waals surface area (Å²) in [7, 11) is 0. The number of benzene rings is 2. The summed E-state index contributed by atoms with van der Waals surface area (Å²) < 4.78 is 7.65. The summed E-state index contributed by atoms with van der Waals surface area (Å²) in [5.41, 5.74) is 2.89. The predicted molar refractivity (Wildman–Crippen MR) is 106 cm³/mol. The maximum Gasteiger partial charge on any atom is 0.251 e. The molecule has 0 aliphatic rings. The number of hydrogen-bond acceptors (Lipinski definition) is 3. The first kappa shape index (κ1) is 18.7. The fraction of sp³-hybridized carbons (Fsp3) is 0.273. The molecule has 5 heteroatoms. The van der Waals surface area contributed by atoms with Gasteiger partial charge in [-0.25, -0.2) is 4.98 Å². The highest BCUT2D eigenvalue weighted by atomic mass is 16.5. The van der Waals surface area contributed by atoms with Crippen LogP contribution in [0.4, 0.5) is 0 Å². The van der Waals surface area contributed by atoms with Crippen molar-refractivity contribution in [1.29, 1.82) is 0 Å². The largest absolute Gasteiger partial charge is 0.494 e. The Balaban J connectivity index is 1.57. The van der Waals surface area contributed by atoms with Gasteiger partial charge in [-0.3, -0.25) is 4.79 Å². The number of rotatable bonds is 9. The Morgan fingerprint density at radius 1 is 1.11 bits per heavy atom. The Morgan fingerprint density at radius 2 is 1.89 bits per heavy atom. The standard InChI is InChI=1S/C22H25N3O2/c1-2-3-14-27-21-10-8-18(9-11-21)22(26)24-15-19-6-4-5-7-20(19)16-25-13-12-23-17-25/h4-13,17H,2-3,14-16H2,1H3,(H,24,26). The number of imidazole rings is 1. The van der Waals surface area contributed by atoms with Crippen LogP contribution in [0.3, 0.4) is 0 Å². The lowest BCUT2D eigenvalue weighted by Gasteiger charge is -2.12. The molecule has 27 heavy (non-hydrogen) atoms. The molecule has 140 valence electrons. The van der Waals surface area contributed by atoms with E-state index in [0.717, 1.165) is 36.3 Å². The highest BCUT2D eigenvalue weighted by Gasteiger charge is 2.08. The van der Waals surface area contributed by atoms with Crippen LogP contribution < -0.4 is 10.1 Å². The average molecular weight is 363 g/mol. The minimum atomic E-state index is -0.0902. The van der Waals surface area contributed by atoms with Gasteiger partial charge in [0.2, 0.25) is 0 Å². The van der Waals surface area contributed by atoms with Crippen LogP contribution in [0.2, 0.25) is 0 Å². The lowest BCUT2D eigenvalue weighted by molar-refractivity contribution is 0.0951. The van der Waals surface area contributed by atoms with Crippen LogP contribution in [0.25, 0.3) is 0 Å². The molecule has 0 saturated heterocycles. The number of nitrogens with zero attached hydrogens (tertiary/aromatic N) is 2. The van der Waals surface area contributed by atoms with Gasteiger partial charge in [0.1, 0.15) is 5.75 Å². The van der Waals surface area contributed by atoms with Crippen molar-refractivity contribution in [2.45, 2.75) is 32.9 Å². The van der Waals surface area contributed by atoms with E-state index < -0.39 is 0 Å². The summed E-state index contributed by atoms with van der Waals surface area (Å²) in [4.78, 5) is 16.5. The molecule has 2 aromatic carbocycles. The van der Waals surface area contributed by atoms with Crippen LogP contribution in [-0.2, 0) is 13.1 Å². The van der Waals surface area contributed by atoms with E-state index in [-0.39, 0.29) is 5.91 Å². The van der Waals surface area contributed by atoms with E-state index in [1.807, 2.05) is 41.1 Å². The SMILES string of the molecule is CCCCOc1ccc(C(=O)NCc2ccccc2Cn2ccnc2)cc1. The Kier molecular flexibility index (Phi) is 6.63. The monoisotopic (exact) mass is 363 g/mol. The first-order valence-corrected chi connectivity index (χ1v) is 9.30. The Bertz CT molecular complexity index is 842. The number of amides is 1. The minimum absolute atomic E-state index is 0.0902. The van der Waals surface area contributed by atoms with Crippen molar-refractivity contribution in [2.75, 3.05) is 6.61 Å². The van der Waals surface area contributed by atoms with Gasteiger partial charge in [0, 0.05) is 31.0 Å². The molecule has 0 spiro atoms. The molecule has 0 bridgehead atoms. The lowest BCUT2D eigenvalue weighted by Crippen LogP contribution is -2.23. The van der Waals surface area contributed by atoms with Gasteiger partial charge in [-0.2, -0.15) is 0 Å². The second kappa shape index (κ2) is 9.57. The number of hydrogen-bond donors (Lipinski definition) is 1. The maximum absolute atomic E-state index is 12.5. The summed E-state index contributed by atoms with van der Waals surface area (Å²) in [5, 5.41) is 3.00. The van der Waals surface area contributed by atoms with E-state index in [0.29, 0.717) is 18.7 Å². The molecule has 0 fully saturated rings. The van der Waals surface area contributed by atoms with E-state index in [1.165, 1.54) is 0 Å². The molecule has 0 atom stereocenters. The van der Waals surface area contributed by atoms with Crippen LogP contribution >= 0.6 is 0 Å². The number of carbonyl (C=O) groups is 1. The smallest absolute Gasteiger partial charge is 0.251 e. The van der Waals surface area contributed by atoms with E-state index >= 15 is 0 Å². The maximum atomic E-state index is 12.5. The Hall–Kier alpha value is -3.08. The highest BCUT2D eigenvalue weighted by Crippen LogP contribution is 2.14. The average Bonchev–Trinajstić information content (AvgIpc) is 3.21. The van der Waals surface area contributed by atoms with Crippen LogP contribution in [0.1, 0.15) is 41.3 Å². The van der Waals surface area contributed by atoms with Crippen molar-refractivity contribution >= 4 is 5.91 Å².